The molecule has 6 nitrogen and oxygen atoms in total. The number of nitrogens with zero attached hydrogens (tertiary/aromatic N) is 3. The van der Waals surface area contributed by atoms with Gasteiger partial charge >= 0.3 is 6.01 Å². The van der Waals surface area contributed by atoms with Gasteiger partial charge in [-0.15, -0.1) is 5.10 Å². The van der Waals surface area contributed by atoms with Crippen molar-refractivity contribution in [3.05, 3.63) is 5.89 Å². The minimum atomic E-state index is 0.333. The van der Waals surface area contributed by atoms with Crippen LogP contribution in [0.4, 0.5) is 6.01 Å². The highest BCUT2D eigenvalue weighted by Crippen LogP contribution is 2.35. The Morgan fingerprint density at radius 1 is 1.40 bits per heavy atom. The molecule has 1 aromatic heterocycles. The fraction of sp³-hybridized carbons (Fsp3) is 0.857. The van der Waals surface area contributed by atoms with Crippen LogP contribution in [0.15, 0.2) is 4.42 Å². The molecule has 0 spiro atoms. The van der Waals surface area contributed by atoms with Crippen LogP contribution in [-0.2, 0) is 11.3 Å². The topological polar surface area (TPSA) is 63.4 Å². The first kappa shape index (κ1) is 15.3. The first-order valence-electron chi connectivity index (χ1n) is 7.27. The van der Waals surface area contributed by atoms with E-state index in [0.717, 1.165) is 19.6 Å². The maximum Gasteiger partial charge on any atom is 0.318 e. The van der Waals surface area contributed by atoms with Crippen LogP contribution in [0.2, 0.25) is 0 Å². The van der Waals surface area contributed by atoms with Crippen LogP contribution in [-0.4, -0.2) is 43.5 Å². The summed E-state index contributed by atoms with van der Waals surface area (Å²) < 4.78 is 10.7. The Morgan fingerprint density at radius 3 is 2.85 bits per heavy atom. The van der Waals surface area contributed by atoms with Gasteiger partial charge in [0, 0.05) is 26.7 Å². The minimum Gasteiger partial charge on any atom is -0.407 e. The van der Waals surface area contributed by atoms with Crippen LogP contribution in [0.25, 0.3) is 0 Å². The van der Waals surface area contributed by atoms with Crippen molar-refractivity contribution in [2.45, 2.75) is 33.7 Å². The number of hydrogen-bond acceptors (Lipinski definition) is 6. The third kappa shape index (κ3) is 3.93. The Balaban J connectivity index is 1.84. The van der Waals surface area contributed by atoms with E-state index in [2.05, 4.69) is 41.2 Å². The predicted molar refractivity (Wildman–Crippen MR) is 77.7 cm³/mol. The van der Waals surface area contributed by atoms with E-state index in [-0.39, 0.29) is 0 Å². The molecule has 1 N–H and O–H groups in total. The maximum absolute atomic E-state index is 5.71. The first-order valence-corrected chi connectivity index (χ1v) is 7.27. The highest BCUT2D eigenvalue weighted by molar-refractivity contribution is 5.26. The summed E-state index contributed by atoms with van der Waals surface area (Å²) in [6, 6.07) is 0.653. The Bertz CT molecular complexity index is 414. The largest absolute Gasteiger partial charge is 0.407 e. The second-order valence-corrected chi connectivity index (χ2v) is 6.45. The SMILES string of the molecule is COCCNCc1nnc(N2CCC(C(C)(C)C)C2)o1. The van der Waals surface area contributed by atoms with Crippen LogP contribution in [0.5, 0.6) is 0 Å². The van der Waals surface area contributed by atoms with Gasteiger partial charge in [0.1, 0.15) is 0 Å². The highest BCUT2D eigenvalue weighted by Gasteiger charge is 2.33. The molecule has 0 bridgehead atoms. The van der Waals surface area contributed by atoms with Gasteiger partial charge in [-0.1, -0.05) is 25.9 Å². The fourth-order valence-corrected chi connectivity index (χ4v) is 2.45. The van der Waals surface area contributed by atoms with Gasteiger partial charge in [-0.3, -0.25) is 0 Å². The maximum atomic E-state index is 5.71. The molecule has 1 unspecified atom stereocenters. The molecule has 0 radical (unpaired) electrons. The summed E-state index contributed by atoms with van der Waals surface area (Å²) in [6.07, 6.45) is 1.19. The highest BCUT2D eigenvalue weighted by atomic mass is 16.5. The lowest BCUT2D eigenvalue weighted by atomic mass is 9.80. The van der Waals surface area contributed by atoms with Crippen molar-refractivity contribution in [3.8, 4) is 0 Å². The molecule has 1 aliphatic heterocycles. The molecule has 2 heterocycles. The summed E-state index contributed by atoms with van der Waals surface area (Å²) in [4.78, 5) is 2.20. The van der Waals surface area contributed by atoms with Crippen molar-refractivity contribution in [1.82, 2.24) is 15.5 Å². The summed E-state index contributed by atoms with van der Waals surface area (Å²) in [7, 11) is 1.69. The Morgan fingerprint density at radius 2 is 2.20 bits per heavy atom. The quantitative estimate of drug-likeness (QED) is 0.801. The van der Waals surface area contributed by atoms with Gasteiger partial charge in [0.05, 0.1) is 13.2 Å². The third-order valence-electron chi connectivity index (χ3n) is 3.90. The zero-order chi connectivity index (χ0) is 14.6. The number of aromatic nitrogens is 2. The zero-order valence-corrected chi connectivity index (χ0v) is 13.0. The molecule has 1 fully saturated rings. The van der Waals surface area contributed by atoms with E-state index in [1.807, 2.05) is 0 Å². The second kappa shape index (κ2) is 6.54. The van der Waals surface area contributed by atoms with E-state index >= 15 is 0 Å². The monoisotopic (exact) mass is 282 g/mol. The van der Waals surface area contributed by atoms with E-state index in [9.17, 15) is 0 Å². The number of hydrogen-bond donors (Lipinski definition) is 1. The molecule has 1 atom stereocenters. The summed E-state index contributed by atoms with van der Waals surface area (Å²) in [6.45, 7) is 10.9. The van der Waals surface area contributed by atoms with Crippen molar-refractivity contribution >= 4 is 6.01 Å². The molecule has 0 amide bonds. The summed E-state index contributed by atoms with van der Waals surface area (Å²) in [5.41, 5.74) is 0.333. The molecular weight excluding hydrogens is 256 g/mol. The number of ether oxygens (including phenoxy) is 1. The molecule has 1 saturated heterocycles. The van der Waals surface area contributed by atoms with Crippen molar-refractivity contribution in [3.63, 3.8) is 0 Å². The van der Waals surface area contributed by atoms with Gasteiger partial charge < -0.3 is 19.4 Å². The van der Waals surface area contributed by atoms with Crippen LogP contribution < -0.4 is 10.2 Å². The molecule has 0 saturated carbocycles. The normalized spacial score (nSPS) is 19.8. The van der Waals surface area contributed by atoms with Gasteiger partial charge in [-0.2, -0.15) is 0 Å². The molecular formula is C14H26N4O2. The van der Waals surface area contributed by atoms with Gasteiger partial charge in [0.25, 0.3) is 0 Å². The Kier molecular flexibility index (Phi) is 4.99. The smallest absolute Gasteiger partial charge is 0.318 e. The molecule has 1 aliphatic rings. The van der Waals surface area contributed by atoms with E-state index in [0.29, 0.717) is 36.4 Å². The Hall–Kier alpha value is -1.14. The number of anilines is 1. The van der Waals surface area contributed by atoms with Crippen molar-refractivity contribution < 1.29 is 9.15 Å². The van der Waals surface area contributed by atoms with Gasteiger partial charge in [-0.25, -0.2) is 0 Å². The van der Waals surface area contributed by atoms with E-state index in [4.69, 9.17) is 9.15 Å². The predicted octanol–water partition coefficient (Wildman–Crippen LogP) is 1.68. The lowest BCUT2D eigenvalue weighted by molar-refractivity contribution is 0.198. The molecule has 1 aromatic rings. The first-order chi connectivity index (χ1) is 9.50. The average molecular weight is 282 g/mol. The van der Waals surface area contributed by atoms with Gasteiger partial charge in [-0.05, 0) is 17.8 Å². The van der Waals surface area contributed by atoms with Crippen LogP contribution in [0.1, 0.15) is 33.1 Å². The fourth-order valence-electron chi connectivity index (χ4n) is 2.45. The van der Waals surface area contributed by atoms with Crippen molar-refractivity contribution in [1.29, 1.82) is 0 Å². The number of rotatable bonds is 6. The summed E-state index contributed by atoms with van der Waals surface area (Å²) >= 11 is 0. The molecule has 20 heavy (non-hydrogen) atoms. The van der Waals surface area contributed by atoms with Gasteiger partial charge in [0.15, 0.2) is 0 Å². The number of nitrogens with one attached hydrogen (secondary N) is 1. The average Bonchev–Trinajstić information content (AvgIpc) is 3.02. The van der Waals surface area contributed by atoms with Crippen molar-refractivity contribution in [2.75, 3.05) is 38.3 Å². The van der Waals surface area contributed by atoms with Crippen LogP contribution >= 0.6 is 0 Å². The molecule has 114 valence electrons. The lowest BCUT2D eigenvalue weighted by Crippen LogP contribution is -2.26. The lowest BCUT2D eigenvalue weighted by Gasteiger charge is -2.26. The second-order valence-electron chi connectivity index (χ2n) is 6.45. The zero-order valence-electron chi connectivity index (χ0n) is 13.0. The van der Waals surface area contributed by atoms with Crippen LogP contribution in [0, 0.1) is 11.3 Å². The molecule has 0 aliphatic carbocycles. The Labute approximate surface area is 120 Å². The minimum absolute atomic E-state index is 0.333. The molecule has 2 rings (SSSR count). The third-order valence-corrected chi connectivity index (χ3v) is 3.90. The van der Waals surface area contributed by atoms with Crippen LogP contribution in [0.3, 0.4) is 0 Å². The molecule has 0 aromatic carbocycles. The van der Waals surface area contributed by atoms with E-state index < -0.39 is 0 Å². The summed E-state index contributed by atoms with van der Waals surface area (Å²) in [5, 5.41) is 11.4. The summed E-state index contributed by atoms with van der Waals surface area (Å²) in [5.74, 6) is 1.31. The van der Waals surface area contributed by atoms with E-state index in [1.165, 1.54) is 6.42 Å². The standard InChI is InChI=1S/C14H26N4O2/c1-14(2,3)11-5-7-18(10-11)13-17-16-12(20-13)9-15-6-8-19-4/h11,15H,5-10H2,1-4H3. The molecule has 6 heteroatoms. The number of methoxy groups -OCH3 is 1. The van der Waals surface area contributed by atoms with Crippen molar-refractivity contribution in [2.24, 2.45) is 11.3 Å². The van der Waals surface area contributed by atoms with Gasteiger partial charge in [0.2, 0.25) is 5.89 Å². The van der Waals surface area contributed by atoms with E-state index in [1.54, 1.807) is 7.11 Å².